The zero-order valence-corrected chi connectivity index (χ0v) is 9.51. The molecule has 0 saturated heterocycles. The third-order valence-corrected chi connectivity index (χ3v) is 3.48. The van der Waals surface area contributed by atoms with E-state index >= 15 is 0 Å². The third kappa shape index (κ3) is 2.45. The molecule has 0 aromatic carbocycles. The van der Waals surface area contributed by atoms with Crippen molar-refractivity contribution in [3.05, 3.63) is 28.7 Å². The van der Waals surface area contributed by atoms with Crippen molar-refractivity contribution in [3.8, 4) is 0 Å². The molecular weight excluding hydrogens is 208 g/mol. The Labute approximate surface area is 93.2 Å². The maximum atomic E-state index is 11.3. The highest BCUT2D eigenvalue weighted by molar-refractivity contribution is 7.11. The van der Waals surface area contributed by atoms with Gasteiger partial charge in [0.25, 0.3) is 0 Å². The van der Waals surface area contributed by atoms with Gasteiger partial charge in [-0.25, -0.2) is 4.98 Å². The topological polar surface area (TPSA) is 42.0 Å². The highest BCUT2D eigenvalue weighted by Gasteiger charge is 2.34. The van der Waals surface area contributed by atoms with Crippen LogP contribution in [0.4, 0.5) is 0 Å². The highest BCUT2D eigenvalue weighted by Crippen LogP contribution is 2.41. The zero-order chi connectivity index (χ0) is 10.8. The van der Waals surface area contributed by atoms with E-state index in [1.54, 1.807) is 11.3 Å². The number of hydrogen-bond acceptors (Lipinski definition) is 3. The maximum Gasteiger partial charge on any atom is 0.243 e. The summed E-state index contributed by atoms with van der Waals surface area (Å²) in [5.41, 5.74) is 0. The lowest BCUT2D eigenvalue weighted by molar-refractivity contribution is -0.117. The van der Waals surface area contributed by atoms with Gasteiger partial charge in [0.05, 0.1) is 6.04 Å². The van der Waals surface area contributed by atoms with E-state index in [4.69, 9.17) is 0 Å². The largest absolute Gasteiger partial charge is 0.343 e. The van der Waals surface area contributed by atoms with E-state index in [1.807, 2.05) is 13.1 Å². The smallest absolute Gasteiger partial charge is 0.243 e. The standard InChI is InChI=1S/C11H14N2OS/c1-3-9(14)13-10(8-4-5-8)11-12-6-7(2)15-11/h3,6,8,10H,1,4-5H2,2H3,(H,13,14). The fourth-order valence-electron chi connectivity index (χ4n) is 1.54. The first-order valence-corrected chi connectivity index (χ1v) is 5.87. The van der Waals surface area contributed by atoms with Gasteiger partial charge in [0.15, 0.2) is 0 Å². The SMILES string of the molecule is C=CC(=O)NC(c1ncc(C)s1)C1CC1. The Morgan fingerprint density at radius 1 is 1.80 bits per heavy atom. The van der Waals surface area contributed by atoms with Gasteiger partial charge in [-0.2, -0.15) is 0 Å². The number of aryl methyl sites for hydroxylation is 1. The number of carbonyl (C=O) groups excluding carboxylic acids is 1. The van der Waals surface area contributed by atoms with Crippen molar-refractivity contribution in [1.82, 2.24) is 10.3 Å². The van der Waals surface area contributed by atoms with Crippen molar-refractivity contribution in [1.29, 1.82) is 0 Å². The van der Waals surface area contributed by atoms with E-state index in [9.17, 15) is 4.79 Å². The van der Waals surface area contributed by atoms with E-state index in [1.165, 1.54) is 23.8 Å². The molecule has 1 saturated carbocycles. The Morgan fingerprint density at radius 2 is 2.53 bits per heavy atom. The molecule has 1 aromatic rings. The summed E-state index contributed by atoms with van der Waals surface area (Å²) < 4.78 is 0. The summed E-state index contributed by atoms with van der Waals surface area (Å²) in [5, 5.41) is 3.97. The van der Waals surface area contributed by atoms with Crippen LogP contribution in [0.1, 0.15) is 28.8 Å². The molecule has 1 fully saturated rings. The first-order valence-electron chi connectivity index (χ1n) is 5.06. The molecule has 15 heavy (non-hydrogen) atoms. The number of nitrogens with one attached hydrogen (secondary N) is 1. The van der Waals surface area contributed by atoms with Gasteiger partial charge in [0, 0.05) is 11.1 Å². The van der Waals surface area contributed by atoms with Gasteiger partial charge >= 0.3 is 0 Å². The lowest BCUT2D eigenvalue weighted by atomic mass is 10.2. The van der Waals surface area contributed by atoms with Gasteiger partial charge in [0.2, 0.25) is 5.91 Å². The minimum Gasteiger partial charge on any atom is -0.343 e. The van der Waals surface area contributed by atoms with E-state index in [0.29, 0.717) is 5.92 Å². The summed E-state index contributed by atoms with van der Waals surface area (Å²) >= 11 is 1.66. The molecule has 1 heterocycles. The van der Waals surface area contributed by atoms with Crippen LogP contribution >= 0.6 is 11.3 Å². The second kappa shape index (κ2) is 4.14. The van der Waals surface area contributed by atoms with Crippen molar-refractivity contribution < 1.29 is 4.79 Å². The van der Waals surface area contributed by atoms with E-state index in [2.05, 4.69) is 16.9 Å². The average molecular weight is 222 g/mol. The Balaban J connectivity index is 2.12. The summed E-state index contributed by atoms with van der Waals surface area (Å²) in [4.78, 5) is 16.8. The fourth-order valence-corrected chi connectivity index (χ4v) is 2.46. The number of aromatic nitrogens is 1. The normalized spacial score (nSPS) is 17.1. The molecule has 1 N–H and O–H groups in total. The van der Waals surface area contributed by atoms with Crippen LogP contribution in [0.5, 0.6) is 0 Å². The monoisotopic (exact) mass is 222 g/mol. The van der Waals surface area contributed by atoms with Gasteiger partial charge in [-0.3, -0.25) is 4.79 Å². The quantitative estimate of drug-likeness (QED) is 0.794. The zero-order valence-electron chi connectivity index (χ0n) is 8.69. The number of amides is 1. The van der Waals surface area contributed by atoms with Crippen LogP contribution in [0, 0.1) is 12.8 Å². The molecule has 80 valence electrons. The number of thiazole rings is 1. The van der Waals surface area contributed by atoms with E-state index < -0.39 is 0 Å². The van der Waals surface area contributed by atoms with Crippen molar-refractivity contribution in [3.63, 3.8) is 0 Å². The predicted octanol–water partition coefficient (Wildman–Crippen LogP) is 2.20. The minimum atomic E-state index is -0.111. The molecular formula is C11H14N2OS. The predicted molar refractivity (Wildman–Crippen MR) is 60.7 cm³/mol. The van der Waals surface area contributed by atoms with Crippen molar-refractivity contribution in [2.45, 2.75) is 25.8 Å². The molecule has 0 bridgehead atoms. The first-order chi connectivity index (χ1) is 7.20. The fraction of sp³-hybridized carbons (Fsp3) is 0.455. The Bertz CT molecular complexity index is 382. The van der Waals surface area contributed by atoms with Gasteiger partial charge in [-0.15, -0.1) is 11.3 Å². The van der Waals surface area contributed by atoms with Crippen molar-refractivity contribution in [2.75, 3.05) is 0 Å². The van der Waals surface area contributed by atoms with Gasteiger partial charge in [-0.05, 0) is 31.8 Å². The number of nitrogens with zero attached hydrogens (tertiary/aromatic N) is 1. The van der Waals surface area contributed by atoms with E-state index in [-0.39, 0.29) is 11.9 Å². The Hall–Kier alpha value is -1.16. The number of rotatable bonds is 4. The summed E-state index contributed by atoms with van der Waals surface area (Å²) in [5.74, 6) is 0.458. The summed E-state index contributed by atoms with van der Waals surface area (Å²) in [6.07, 6.45) is 5.53. The molecule has 0 spiro atoms. The van der Waals surface area contributed by atoms with Crippen LogP contribution in [-0.2, 0) is 4.79 Å². The van der Waals surface area contributed by atoms with Crippen LogP contribution in [0.2, 0.25) is 0 Å². The van der Waals surface area contributed by atoms with Crippen molar-refractivity contribution in [2.24, 2.45) is 5.92 Å². The number of hydrogen-bond donors (Lipinski definition) is 1. The molecule has 2 rings (SSSR count). The third-order valence-electron chi connectivity index (χ3n) is 2.48. The molecule has 1 aliphatic carbocycles. The molecule has 1 aromatic heterocycles. The average Bonchev–Trinajstić information content (AvgIpc) is 2.97. The summed E-state index contributed by atoms with van der Waals surface area (Å²) in [7, 11) is 0. The minimum absolute atomic E-state index is 0.0919. The Morgan fingerprint density at radius 3 is 3.00 bits per heavy atom. The van der Waals surface area contributed by atoms with Crippen LogP contribution in [0.15, 0.2) is 18.9 Å². The molecule has 1 amide bonds. The maximum absolute atomic E-state index is 11.3. The van der Waals surface area contributed by atoms with E-state index in [0.717, 1.165) is 5.01 Å². The molecule has 1 aliphatic rings. The van der Waals surface area contributed by atoms with Crippen LogP contribution < -0.4 is 5.32 Å². The van der Waals surface area contributed by atoms with Gasteiger partial charge < -0.3 is 5.32 Å². The summed E-state index contributed by atoms with van der Waals surface area (Å²) in [6.45, 7) is 5.49. The second-order valence-electron chi connectivity index (χ2n) is 3.84. The summed E-state index contributed by atoms with van der Waals surface area (Å²) in [6, 6.07) is 0.0919. The van der Waals surface area contributed by atoms with Crippen LogP contribution in [0.25, 0.3) is 0 Å². The molecule has 1 atom stereocenters. The molecule has 0 aliphatic heterocycles. The lowest BCUT2D eigenvalue weighted by Crippen LogP contribution is -2.28. The van der Waals surface area contributed by atoms with Crippen molar-refractivity contribution >= 4 is 17.2 Å². The lowest BCUT2D eigenvalue weighted by Gasteiger charge is -2.14. The van der Waals surface area contributed by atoms with Crippen LogP contribution in [0.3, 0.4) is 0 Å². The molecule has 0 radical (unpaired) electrons. The van der Waals surface area contributed by atoms with Gasteiger partial charge in [0.1, 0.15) is 5.01 Å². The number of carbonyl (C=O) groups is 1. The molecule has 3 nitrogen and oxygen atoms in total. The van der Waals surface area contributed by atoms with Gasteiger partial charge in [-0.1, -0.05) is 6.58 Å². The molecule has 4 heteroatoms. The van der Waals surface area contributed by atoms with Crippen LogP contribution in [-0.4, -0.2) is 10.9 Å². The first kappa shape index (κ1) is 10.4. The highest BCUT2D eigenvalue weighted by atomic mass is 32.1. The Kier molecular flexibility index (Phi) is 2.86. The molecule has 1 unspecified atom stereocenters. The second-order valence-corrected chi connectivity index (χ2v) is 5.10.